The minimum absolute atomic E-state index is 0.148. The zero-order chi connectivity index (χ0) is 70.6. The number of amides is 2. The molecule has 0 radical (unpaired) electrons. The number of hydrogen-bond donors (Lipinski definition) is 18. The first-order valence-electron chi connectivity index (χ1n) is 32.9. The molecule has 1 aliphatic carbocycles. The number of methoxy groups -OCH3 is 1. The van der Waals surface area contributed by atoms with Crippen molar-refractivity contribution in [1.29, 1.82) is 0 Å². The Bertz CT molecular complexity index is 2360. The number of esters is 1. The number of nitrogens with one attached hydrogen (secondary N) is 2. The lowest BCUT2D eigenvalue weighted by molar-refractivity contribution is -0.281. The van der Waals surface area contributed by atoms with E-state index in [1.54, 1.807) is 13.8 Å². The number of ether oxygens (including phenoxy) is 14. The third-order valence-corrected chi connectivity index (χ3v) is 19.8. The number of carbonyl (C=O) groups excluding carboxylic acids is 3. The minimum Gasteiger partial charge on any atom is -0.459 e. The molecule has 6 saturated heterocycles. The molecule has 34 unspecified atom stereocenters. The van der Waals surface area contributed by atoms with Crippen LogP contribution in [0.5, 0.6) is 0 Å². The topological polar surface area (TPSA) is 528 Å². The molecule has 6 aliphatic heterocycles. The van der Waals surface area contributed by atoms with Gasteiger partial charge < -0.3 is 159 Å². The lowest BCUT2D eigenvalue weighted by Gasteiger charge is -2.50. The second-order valence-corrected chi connectivity index (χ2v) is 26.5. The Labute approximate surface area is 555 Å². The molecule has 7 rings (SSSR count). The highest BCUT2D eigenvalue weighted by molar-refractivity contribution is 5.73. The highest BCUT2D eigenvalue weighted by Crippen LogP contribution is 2.39. The molecular formula is C61H106N2O33. The summed E-state index contributed by atoms with van der Waals surface area (Å²) in [5, 5.41) is 180. The third-order valence-electron chi connectivity index (χ3n) is 19.8. The number of carbonyl (C=O) groups is 3. The summed E-state index contributed by atoms with van der Waals surface area (Å²) in [5.74, 6) is -6.49. The summed E-state index contributed by atoms with van der Waals surface area (Å²) >= 11 is 0. The van der Waals surface area contributed by atoms with Crippen LogP contribution >= 0.6 is 0 Å². The number of hydrogen-bond acceptors (Lipinski definition) is 33. The van der Waals surface area contributed by atoms with Crippen molar-refractivity contribution in [3.05, 3.63) is 0 Å². The normalized spacial score (nSPS) is 45.5. The van der Waals surface area contributed by atoms with Crippen molar-refractivity contribution in [2.75, 3.05) is 106 Å². The first-order chi connectivity index (χ1) is 45.6. The molecule has 0 aromatic rings. The average Bonchev–Trinajstić information content (AvgIpc) is 0.780. The van der Waals surface area contributed by atoms with Crippen LogP contribution in [0.4, 0.5) is 0 Å². The monoisotopic (exact) mass is 1390 g/mol. The van der Waals surface area contributed by atoms with Crippen molar-refractivity contribution >= 4 is 17.8 Å². The molecular weight excluding hydrogens is 1290 g/mol. The van der Waals surface area contributed by atoms with E-state index in [0.717, 1.165) is 6.92 Å². The molecule has 7 fully saturated rings. The van der Waals surface area contributed by atoms with E-state index < -0.39 is 277 Å². The molecule has 6 heterocycles. The molecule has 18 N–H and O–H groups in total. The van der Waals surface area contributed by atoms with Crippen LogP contribution in [-0.4, -0.2) is 382 Å². The lowest BCUT2D eigenvalue weighted by atomic mass is 9.77. The van der Waals surface area contributed by atoms with Crippen LogP contribution in [0.15, 0.2) is 0 Å². The highest BCUT2D eigenvalue weighted by Gasteiger charge is 2.56. The predicted molar refractivity (Wildman–Crippen MR) is 320 cm³/mol. The van der Waals surface area contributed by atoms with Gasteiger partial charge in [-0.3, -0.25) is 14.4 Å². The van der Waals surface area contributed by atoms with Crippen molar-refractivity contribution < 1.29 is 162 Å². The molecule has 0 aromatic heterocycles. The van der Waals surface area contributed by atoms with Crippen LogP contribution in [-0.2, 0) is 80.7 Å². The highest BCUT2D eigenvalue weighted by atomic mass is 16.6. The zero-order valence-corrected chi connectivity index (χ0v) is 55.2. The van der Waals surface area contributed by atoms with Gasteiger partial charge in [0.2, 0.25) is 11.8 Å². The number of aliphatic hydroxyl groups excluding tert-OH is 16. The van der Waals surface area contributed by atoms with Gasteiger partial charge in [0.15, 0.2) is 0 Å². The van der Waals surface area contributed by atoms with Gasteiger partial charge in [-0.1, -0.05) is 6.92 Å². The van der Waals surface area contributed by atoms with Crippen molar-refractivity contribution in [3.8, 4) is 0 Å². The maximum absolute atomic E-state index is 12.9. The molecule has 0 spiro atoms. The first-order valence-corrected chi connectivity index (χ1v) is 32.9. The summed E-state index contributed by atoms with van der Waals surface area (Å²) in [6.45, 7) is 2.02. The molecule has 34 atom stereocenters. The van der Waals surface area contributed by atoms with Gasteiger partial charge in [-0.2, -0.15) is 0 Å². The van der Waals surface area contributed by atoms with Gasteiger partial charge >= 0.3 is 5.97 Å². The Hall–Kier alpha value is -2.75. The molecule has 0 bridgehead atoms. The largest absolute Gasteiger partial charge is 0.459 e. The molecule has 7 aliphatic rings. The maximum Gasteiger partial charge on any atom is 0.303 e. The second kappa shape index (κ2) is 36.9. The van der Waals surface area contributed by atoms with Crippen LogP contribution in [0.3, 0.4) is 0 Å². The Morgan fingerprint density at radius 2 is 0.990 bits per heavy atom. The van der Waals surface area contributed by atoms with E-state index in [0.29, 0.717) is 6.42 Å². The van der Waals surface area contributed by atoms with Gasteiger partial charge in [0.05, 0.1) is 165 Å². The fourth-order valence-corrected chi connectivity index (χ4v) is 14.3. The molecule has 0 aromatic carbocycles. The summed E-state index contributed by atoms with van der Waals surface area (Å²) in [5.41, 5.74) is -1.87. The third kappa shape index (κ3) is 19.1. The van der Waals surface area contributed by atoms with E-state index >= 15 is 0 Å². The van der Waals surface area contributed by atoms with E-state index in [9.17, 15) is 96.1 Å². The van der Waals surface area contributed by atoms with Crippen molar-refractivity contribution in [1.82, 2.24) is 10.6 Å². The van der Waals surface area contributed by atoms with Crippen LogP contribution < -0.4 is 10.6 Å². The zero-order valence-electron chi connectivity index (χ0n) is 55.2. The fraction of sp³-hybridized carbons (Fsp3) is 0.951. The molecule has 96 heavy (non-hydrogen) atoms. The summed E-state index contributed by atoms with van der Waals surface area (Å²) in [4.78, 5) is 37.7. The predicted octanol–water partition coefficient (Wildman–Crippen LogP) is -9.38. The quantitative estimate of drug-likeness (QED) is 0.0287. The van der Waals surface area contributed by atoms with Gasteiger partial charge in [-0.25, -0.2) is 0 Å². The van der Waals surface area contributed by atoms with Crippen LogP contribution in [0, 0.1) is 29.6 Å². The van der Waals surface area contributed by atoms with Crippen molar-refractivity contribution in [2.45, 2.75) is 231 Å². The van der Waals surface area contributed by atoms with E-state index in [2.05, 4.69) is 10.6 Å². The standard InChI is InChI=1S/C61H106N2O33/c1-8-35-45(62-27(4)68)32(31(37(11-65)92-35)17-89-61(24-88-25(2)48(72)60(61)82)23-87-19-40-46(63-28(5)69)55(79)52(76)39(13-67)94-40)14-84-20-42-53(77)50(74)33(38(12-66)93-42)15-85-21-43-58(91-29(6)70)34(47(71)26(3)90-43)16-86-22-44-59(57(81)54(78)41(95-44)18-83-7)96-36-9-30(10-64)49(73)56(80)51(36)75/h25-26,30-60,64-67,71-82H,8-24H2,1-7H3,(H,62,68)(H,63,69). The van der Waals surface area contributed by atoms with E-state index in [-0.39, 0.29) is 52.7 Å². The first kappa shape index (κ1) is 80.6. The lowest BCUT2D eigenvalue weighted by Crippen LogP contribution is -2.67. The fourth-order valence-electron chi connectivity index (χ4n) is 14.3. The minimum atomic E-state index is -1.87. The van der Waals surface area contributed by atoms with Gasteiger partial charge in [0.1, 0.15) is 109 Å². The average molecular weight is 1400 g/mol. The van der Waals surface area contributed by atoms with E-state index in [1.165, 1.54) is 27.9 Å². The Morgan fingerprint density at radius 3 is 1.59 bits per heavy atom. The van der Waals surface area contributed by atoms with Gasteiger partial charge in [0, 0.05) is 58.2 Å². The SMILES string of the molecule is CCC1OC(CO)C(COC2(COCC3OC(CO)C(O)C(O)C3NC(C)=O)COC(C)C(O)C2O)C(COCC2OC(CO)C(COCC3OC(C)C(O)C(COCC4OC(COC)C(O)C(O)C4OC4CC(CO)C(O)C(O)C4O)C3OC(C)=O)C(O)C2O)C1NC(C)=O. The summed E-state index contributed by atoms with van der Waals surface area (Å²) in [7, 11) is 1.34. The summed E-state index contributed by atoms with van der Waals surface area (Å²) in [6.07, 6.45) is -34.6. The van der Waals surface area contributed by atoms with Crippen LogP contribution in [0.2, 0.25) is 0 Å². The molecule has 35 heteroatoms. The summed E-state index contributed by atoms with van der Waals surface area (Å²) in [6, 6.07) is -2.02. The van der Waals surface area contributed by atoms with Crippen LogP contribution in [0.25, 0.3) is 0 Å². The number of aliphatic hydroxyl groups is 16. The Kier molecular flexibility index (Phi) is 31.0. The van der Waals surface area contributed by atoms with Gasteiger partial charge in [-0.05, 0) is 26.7 Å². The van der Waals surface area contributed by atoms with Crippen molar-refractivity contribution in [3.63, 3.8) is 0 Å². The summed E-state index contributed by atoms with van der Waals surface area (Å²) < 4.78 is 84.5. The molecule has 2 amide bonds. The molecule has 1 saturated carbocycles. The van der Waals surface area contributed by atoms with E-state index in [4.69, 9.17) is 66.3 Å². The number of rotatable bonds is 31. The van der Waals surface area contributed by atoms with Crippen molar-refractivity contribution in [2.24, 2.45) is 29.6 Å². The maximum atomic E-state index is 12.9. The smallest absolute Gasteiger partial charge is 0.303 e. The Balaban J connectivity index is 0.999. The van der Waals surface area contributed by atoms with Gasteiger partial charge in [-0.15, -0.1) is 0 Å². The van der Waals surface area contributed by atoms with Crippen LogP contribution in [0.1, 0.15) is 54.4 Å². The second-order valence-electron chi connectivity index (χ2n) is 26.5. The van der Waals surface area contributed by atoms with E-state index in [1.807, 2.05) is 0 Å². The molecule has 558 valence electrons. The Morgan fingerprint density at radius 1 is 0.458 bits per heavy atom. The van der Waals surface area contributed by atoms with Gasteiger partial charge in [0.25, 0.3) is 0 Å². The molecule has 35 nitrogen and oxygen atoms in total.